The van der Waals surface area contributed by atoms with Crippen molar-refractivity contribution in [2.75, 3.05) is 0 Å². The lowest BCUT2D eigenvalue weighted by atomic mass is 10.1. The third-order valence-electron chi connectivity index (χ3n) is 1.13. The summed E-state index contributed by atoms with van der Waals surface area (Å²) in [6.45, 7) is 0. The highest BCUT2D eigenvalue weighted by molar-refractivity contribution is 6.45. The van der Waals surface area contributed by atoms with Crippen molar-refractivity contribution in [3.8, 4) is 0 Å². The molecule has 0 aliphatic carbocycles. The van der Waals surface area contributed by atoms with Crippen molar-refractivity contribution < 1.29 is 19.1 Å². The van der Waals surface area contributed by atoms with E-state index in [1.165, 1.54) is 0 Å². The van der Waals surface area contributed by atoms with Gasteiger partial charge in [-0.15, -0.1) is 0 Å². The molecule has 1 saturated heterocycles. The lowest BCUT2D eigenvalue weighted by Crippen LogP contribution is -2.28. The number of hydrogen-bond donors (Lipinski definition) is 0. The third kappa shape index (κ3) is 0.903. The normalized spacial score (nSPS) is 32.1. The van der Waals surface area contributed by atoms with E-state index in [1.807, 2.05) is 0 Å². The Balaban J connectivity index is 2.90. The van der Waals surface area contributed by atoms with Crippen molar-refractivity contribution in [2.24, 2.45) is 0 Å². The second-order valence-corrected chi connectivity index (χ2v) is 2.59. The van der Waals surface area contributed by atoms with Gasteiger partial charge in [-0.1, -0.05) is 11.6 Å². The molecule has 0 aromatic heterocycles. The van der Waals surface area contributed by atoms with E-state index in [0.717, 1.165) is 0 Å². The number of cyclic esters (lactones) is 2. The fraction of sp³-hybridized carbons (Fsp3) is 0.400. The zero-order chi connectivity index (χ0) is 7.78. The summed E-state index contributed by atoms with van der Waals surface area (Å²) in [6, 6.07) is 0. The molecular formula is C5H3ClO4. The number of rotatable bonds is 1. The van der Waals surface area contributed by atoms with Crippen LogP contribution >= 0.6 is 11.6 Å². The second kappa shape index (κ2) is 2.05. The molecule has 10 heavy (non-hydrogen) atoms. The predicted molar refractivity (Wildman–Crippen MR) is 30.4 cm³/mol. The molecule has 0 radical (unpaired) electrons. The number of hydrogen-bond acceptors (Lipinski definition) is 4. The van der Waals surface area contributed by atoms with Crippen LogP contribution in [0.3, 0.4) is 0 Å². The second-order valence-electron chi connectivity index (χ2n) is 1.92. The van der Waals surface area contributed by atoms with E-state index >= 15 is 0 Å². The fourth-order valence-corrected chi connectivity index (χ4v) is 0.744. The van der Waals surface area contributed by atoms with Crippen molar-refractivity contribution in [3.05, 3.63) is 0 Å². The number of carbonyl (C=O) groups excluding carboxylic acids is 3. The molecule has 1 unspecified atom stereocenters. The molecule has 1 aliphatic heterocycles. The SMILES string of the molecule is O=CC1(Cl)CC(=O)OC1=O. The zero-order valence-electron chi connectivity index (χ0n) is 4.80. The van der Waals surface area contributed by atoms with Crippen LogP contribution in [-0.2, 0) is 19.1 Å². The number of alkyl halides is 1. The molecule has 0 saturated carbocycles. The average molecular weight is 163 g/mol. The molecule has 0 bridgehead atoms. The molecule has 0 amide bonds. The highest BCUT2D eigenvalue weighted by Crippen LogP contribution is 2.25. The minimum Gasteiger partial charge on any atom is -0.391 e. The molecule has 1 fully saturated rings. The van der Waals surface area contributed by atoms with Crippen molar-refractivity contribution in [1.29, 1.82) is 0 Å². The molecule has 5 heteroatoms. The monoisotopic (exact) mass is 162 g/mol. The molecular weight excluding hydrogens is 160 g/mol. The molecule has 1 atom stereocenters. The van der Waals surface area contributed by atoms with E-state index in [9.17, 15) is 14.4 Å². The summed E-state index contributed by atoms with van der Waals surface area (Å²) >= 11 is 5.34. The van der Waals surface area contributed by atoms with Gasteiger partial charge in [0.15, 0.2) is 6.29 Å². The Labute approximate surface area is 61.1 Å². The van der Waals surface area contributed by atoms with E-state index in [1.54, 1.807) is 0 Å². The first-order chi connectivity index (χ1) is 4.58. The highest BCUT2D eigenvalue weighted by atomic mass is 35.5. The number of carbonyl (C=O) groups is 3. The molecule has 1 heterocycles. The standard InChI is InChI=1S/C5H3ClO4/c6-5(2-7)1-3(8)10-4(5)9/h2H,1H2. The van der Waals surface area contributed by atoms with E-state index in [0.29, 0.717) is 0 Å². The first-order valence-corrected chi connectivity index (χ1v) is 2.86. The lowest BCUT2D eigenvalue weighted by molar-refractivity contribution is -0.152. The van der Waals surface area contributed by atoms with Gasteiger partial charge in [-0.3, -0.25) is 4.79 Å². The van der Waals surface area contributed by atoms with Crippen LogP contribution in [0, 0.1) is 0 Å². The number of ether oxygens (including phenoxy) is 1. The molecule has 0 N–H and O–H groups in total. The molecule has 0 spiro atoms. The van der Waals surface area contributed by atoms with Crippen molar-refractivity contribution in [2.45, 2.75) is 11.3 Å². The van der Waals surface area contributed by atoms with Crippen LogP contribution in [0.1, 0.15) is 6.42 Å². The van der Waals surface area contributed by atoms with Gasteiger partial charge in [0.1, 0.15) is 0 Å². The Kier molecular flexibility index (Phi) is 1.48. The van der Waals surface area contributed by atoms with Crippen LogP contribution in [0.5, 0.6) is 0 Å². The van der Waals surface area contributed by atoms with Gasteiger partial charge in [-0.25, -0.2) is 4.79 Å². The smallest absolute Gasteiger partial charge is 0.342 e. The first kappa shape index (κ1) is 7.21. The van der Waals surface area contributed by atoms with Crippen LogP contribution in [0.15, 0.2) is 0 Å². The summed E-state index contributed by atoms with van der Waals surface area (Å²) in [6.07, 6.45) is -0.154. The molecule has 0 aromatic rings. The summed E-state index contributed by atoms with van der Waals surface area (Å²) in [5.41, 5.74) is 0. The van der Waals surface area contributed by atoms with E-state index in [4.69, 9.17) is 11.6 Å². The van der Waals surface area contributed by atoms with Gasteiger partial charge in [0.2, 0.25) is 4.87 Å². The summed E-state index contributed by atoms with van der Waals surface area (Å²) in [4.78, 5) is 29.2. The lowest BCUT2D eigenvalue weighted by Gasteiger charge is -2.01. The van der Waals surface area contributed by atoms with Crippen molar-refractivity contribution in [3.63, 3.8) is 0 Å². The molecule has 54 valence electrons. The van der Waals surface area contributed by atoms with E-state index < -0.39 is 16.8 Å². The van der Waals surface area contributed by atoms with Gasteiger partial charge in [-0.05, 0) is 0 Å². The van der Waals surface area contributed by atoms with Gasteiger partial charge >= 0.3 is 11.9 Å². The summed E-state index contributed by atoms with van der Waals surface area (Å²) in [7, 11) is 0. The first-order valence-electron chi connectivity index (χ1n) is 2.49. The Morgan fingerprint density at radius 1 is 1.60 bits per heavy atom. The molecule has 4 nitrogen and oxygen atoms in total. The van der Waals surface area contributed by atoms with E-state index in [-0.39, 0.29) is 12.7 Å². The zero-order valence-corrected chi connectivity index (χ0v) is 5.55. The van der Waals surface area contributed by atoms with E-state index in [2.05, 4.69) is 4.74 Å². The largest absolute Gasteiger partial charge is 0.391 e. The van der Waals surface area contributed by atoms with Crippen LogP contribution in [0.2, 0.25) is 0 Å². The summed E-state index contributed by atoms with van der Waals surface area (Å²) in [5.74, 6) is -1.73. The molecule has 1 aliphatic rings. The van der Waals surface area contributed by atoms with Gasteiger partial charge in [-0.2, -0.15) is 0 Å². The van der Waals surface area contributed by atoms with Crippen LogP contribution in [0.4, 0.5) is 0 Å². The van der Waals surface area contributed by atoms with Crippen LogP contribution in [-0.4, -0.2) is 23.1 Å². The number of esters is 2. The average Bonchev–Trinajstić information content (AvgIpc) is 2.09. The Bertz CT molecular complexity index is 212. The maximum atomic E-state index is 10.5. The highest BCUT2D eigenvalue weighted by Gasteiger charge is 2.48. The number of aldehydes is 1. The topological polar surface area (TPSA) is 60.4 Å². The van der Waals surface area contributed by atoms with Gasteiger partial charge in [0.05, 0.1) is 6.42 Å². The van der Waals surface area contributed by atoms with Gasteiger partial charge in [0.25, 0.3) is 0 Å². The Morgan fingerprint density at radius 2 is 2.20 bits per heavy atom. The maximum Gasteiger partial charge on any atom is 0.342 e. The van der Waals surface area contributed by atoms with Crippen molar-refractivity contribution in [1.82, 2.24) is 0 Å². The Hall–Kier alpha value is -0.900. The van der Waals surface area contributed by atoms with Crippen LogP contribution < -0.4 is 0 Å². The van der Waals surface area contributed by atoms with Gasteiger partial charge < -0.3 is 9.53 Å². The third-order valence-corrected chi connectivity index (χ3v) is 1.51. The number of halogens is 1. The summed E-state index contributed by atoms with van der Waals surface area (Å²) in [5, 5.41) is 0. The predicted octanol–water partition coefficient (Wildman–Crippen LogP) is -0.364. The minimum atomic E-state index is -1.75. The fourth-order valence-electron chi connectivity index (χ4n) is 0.596. The Morgan fingerprint density at radius 3 is 2.40 bits per heavy atom. The van der Waals surface area contributed by atoms with Gasteiger partial charge in [0, 0.05) is 0 Å². The quantitative estimate of drug-likeness (QED) is 0.229. The molecule has 0 aromatic carbocycles. The summed E-state index contributed by atoms with van der Waals surface area (Å²) < 4.78 is 4.03. The minimum absolute atomic E-state index is 0.210. The van der Waals surface area contributed by atoms with Crippen molar-refractivity contribution >= 4 is 29.8 Å². The maximum absolute atomic E-state index is 10.5. The molecule has 1 rings (SSSR count). The van der Waals surface area contributed by atoms with Crippen LogP contribution in [0.25, 0.3) is 0 Å².